The normalized spacial score (nSPS) is 10.4. The second-order valence-corrected chi connectivity index (χ2v) is 6.28. The zero-order valence-corrected chi connectivity index (χ0v) is 15.3. The number of methoxy groups -OCH3 is 1. The average Bonchev–Trinajstić information content (AvgIpc) is 2.65. The number of nitrogens with one attached hydrogen (secondary N) is 2. The molecule has 8 nitrogen and oxygen atoms in total. The van der Waals surface area contributed by atoms with E-state index in [9.17, 15) is 19.7 Å². The van der Waals surface area contributed by atoms with Crippen LogP contribution in [-0.4, -0.2) is 30.4 Å². The lowest BCUT2D eigenvalue weighted by atomic mass is 10.1. The van der Waals surface area contributed by atoms with E-state index in [4.69, 9.17) is 4.74 Å². The number of nitro benzene ring substituents is 1. The molecule has 0 aliphatic carbocycles. The lowest BCUT2D eigenvalue weighted by Crippen LogP contribution is -2.27. The number of carbonyl (C=O) groups excluding carboxylic acids is 2. The molecule has 0 unspecified atom stereocenters. The Morgan fingerprint density at radius 2 is 1.78 bits per heavy atom. The number of ether oxygens (including phenoxy) is 1. The molecule has 8 heteroatoms. The SMILES string of the molecule is COc1ccc([N+](=O)[O-])c(C(=O)Nc2ccc(C(=O)NCC(C)C)cc2)c1. The van der Waals surface area contributed by atoms with Crippen molar-refractivity contribution in [3.8, 4) is 5.75 Å². The van der Waals surface area contributed by atoms with Gasteiger partial charge in [-0.2, -0.15) is 0 Å². The summed E-state index contributed by atoms with van der Waals surface area (Å²) in [7, 11) is 1.41. The Balaban J connectivity index is 2.14. The van der Waals surface area contributed by atoms with Crippen molar-refractivity contribution >= 4 is 23.2 Å². The zero-order chi connectivity index (χ0) is 20.0. The summed E-state index contributed by atoms with van der Waals surface area (Å²) >= 11 is 0. The van der Waals surface area contributed by atoms with Gasteiger partial charge in [-0.15, -0.1) is 0 Å². The maximum atomic E-state index is 12.5. The van der Waals surface area contributed by atoms with Crippen LogP contribution in [0.25, 0.3) is 0 Å². The van der Waals surface area contributed by atoms with Crippen molar-refractivity contribution in [1.29, 1.82) is 0 Å². The van der Waals surface area contributed by atoms with Crippen molar-refractivity contribution in [3.05, 3.63) is 63.7 Å². The van der Waals surface area contributed by atoms with Gasteiger partial charge >= 0.3 is 0 Å². The van der Waals surface area contributed by atoms with Gasteiger partial charge in [0, 0.05) is 23.9 Å². The molecular weight excluding hydrogens is 350 g/mol. The zero-order valence-electron chi connectivity index (χ0n) is 15.3. The number of anilines is 1. The topological polar surface area (TPSA) is 111 Å². The van der Waals surface area contributed by atoms with Gasteiger partial charge in [-0.3, -0.25) is 19.7 Å². The summed E-state index contributed by atoms with van der Waals surface area (Å²) < 4.78 is 5.02. The van der Waals surface area contributed by atoms with Crippen molar-refractivity contribution < 1.29 is 19.2 Å². The van der Waals surface area contributed by atoms with Crippen LogP contribution in [0.1, 0.15) is 34.6 Å². The summed E-state index contributed by atoms with van der Waals surface area (Å²) in [5.74, 6) is -0.170. The van der Waals surface area contributed by atoms with Crippen LogP contribution in [0.2, 0.25) is 0 Å². The lowest BCUT2D eigenvalue weighted by Gasteiger charge is -2.09. The first-order chi connectivity index (χ1) is 12.8. The van der Waals surface area contributed by atoms with Gasteiger partial charge in [0.15, 0.2) is 0 Å². The monoisotopic (exact) mass is 371 g/mol. The number of hydrogen-bond donors (Lipinski definition) is 2. The molecule has 0 bridgehead atoms. The van der Waals surface area contributed by atoms with Crippen molar-refractivity contribution in [2.45, 2.75) is 13.8 Å². The van der Waals surface area contributed by atoms with Crippen LogP contribution in [0.15, 0.2) is 42.5 Å². The third kappa shape index (κ3) is 5.27. The quantitative estimate of drug-likeness (QED) is 0.573. The standard InChI is InChI=1S/C19H21N3O5/c1-12(2)11-20-18(23)13-4-6-14(7-5-13)21-19(24)16-10-15(27-3)8-9-17(16)22(25)26/h4-10,12H,11H2,1-3H3,(H,20,23)(H,21,24). The minimum atomic E-state index is -0.641. The second kappa shape index (κ2) is 8.79. The van der Waals surface area contributed by atoms with Crippen LogP contribution in [-0.2, 0) is 0 Å². The summed E-state index contributed by atoms with van der Waals surface area (Å²) in [5, 5.41) is 16.5. The van der Waals surface area contributed by atoms with Gasteiger partial charge in [0.25, 0.3) is 17.5 Å². The molecule has 0 atom stereocenters. The van der Waals surface area contributed by atoms with Crippen LogP contribution < -0.4 is 15.4 Å². The third-order valence-electron chi connectivity index (χ3n) is 3.72. The minimum absolute atomic E-state index is 0.113. The number of nitrogens with zero attached hydrogens (tertiary/aromatic N) is 1. The van der Waals surface area contributed by atoms with Crippen molar-refractivity contribution in [3.63, 3.8) is 0 Å². The summed E-state index contributed by atoms with van der Waals surface area (Å²) in [6, 6.07) is 10.2. The second-order valence-electron chi connectivity index (χ2n) is 6.28. The first-order valence-corrected chi connectivity index (χ1v) is 8.34. The van der Waals surface area contributed by atoms with E-state index in [-0.39, 0.29) is 17.2 Å². The number of amides is 2. The molecule has 27 heavy (non-hydrogen) atoms. The first-order valence-electron chi connectivity index (χ1n) is 8.34. The fourth-order valence-corrected chi connectivity index (χ4v) is 2.29. The van der Waals surface area contributed by atoms with E-state index in [2.05, 4.69) is 10.6 Å². The molecule has 0 fully saturated rings. The summed E-state index contributed by atoms with van der Waals surface area (Å²) in [6.07, 6.45) is 0. The summed E-state index contributed by atoms with van der Waals surface area (Å²) in [4.78, 5) is 35.0. The molecule has 0 saturated carbocycles. The van der Waals surface area contributed by atoms with E-state index in [1.165, 1.54) is 25.3 Å². The third-order valence-corrected chi connectivity index (χ3v) is 3.72. The van der Waals surface area contributed by atoms with Crippen LogP contribution in [0, 0.1) is 16.0 Å². The predicted molar refractivity (Wildman–Crippen MR) is 101 cm³/mol. The molecule has 2 rings (SSSR count). The van der Waals surface area contributed by atoms with Crippen LogP contribution in [0.3, 0.4) is 0 Å². The fourth-order valence-electron chi connectivity index (χ4n) is 2.29. The van der Waals surface area contributed by atoms with Crippen LogP contribution in [0.5, 0.6) is 5.75 Å². The highest BCUT2D eigenvalue weighted by Gasteiger charge is 2.21. The highest BCUT2D eigenvalue weighted by Crippen LogP contribution is 2.25. The van der Waals surface area contributed by atoms with E-state index in [0.29, 0.717) is 29.5 Å². The van der Waals surface area contributed by atoms with Gasteiger partial charge in [0.2, 0.25) is 0 Å². The molecule has 0 aliphatic rings. The molecule has 2 aromatic rings. The van der Waals surface area contributed by atoms with Gasteiger partial charge in [0.05, 0.1) is 12.0 Å². The molecule has 0 saturated heterocycles. The van der Waals surface area contributed by atoms with Crippen molar-refractivity contribution in [2.24, 2.45) is 5.92 Å². The van der Waals surface area contributed by atoms with Gasteiger partial charge < -0.3 is 15.4 Å². The van der Waals surface area contributed by atoms with Gasteiger partial charge in [0.1, 0.15) is 11.3 Å². The summed E-state index contributed by atoms with van der Waals surface area (Å²) in [6.45, 7) is 4.56. The van der Waals surface area contributed by atoms with Crippen molar-refractivity contribution in [1.82, 2.24) is 5.32 Å². The molecule has 0 aliphatic heterocycles. The number of nitro groups is 1. The Morgan fingerprint density at radius 3 is 2.33 bits per heavy atom. The van der Waals surface area contributed by atoms with Crippen LogP contribution in [0.4, 0.5) is 11.4 Å². The number of benzene rings is 2. The highest BCUT2D eigenvalue weighted by atomic mass is 16.6. The van der Waals surface area contributed by atoms with Crippen LogP contribution >= 0.6 is 0 Å². The Labute approximate surface area is 156 Å². The minimum Gasteiger partial charge on any atom is -0.497 e. The van der Waals surface area contributed by atoms with Gasteiger partial charge in [-0.1, -0.05) is 13.8 Å². The number of carbonyl (C=O) groups is 2. The van der Waals surface area contributed by atoms with Crippen molar-refractivity contribution in [2.75, 3.05) is 19.0 Å². The Bertz CT molecular complexity index is 847. The molecule has 0 heterocycles. The van der Waals surface area contributed by atoms with Gasteiger partial charge in [-0.25, -0.2) is 0 Å². The van der Waals surface area contributed by atoms with E-state index >= 15 is 0 Å². The lowest BCUT2D eigenvalue weighted by molar-refractivity contribution is -0.385. The molecule has 0 aromatic heterocycles. The highest BCUT2D eigenvalue weighted by molar-refractivity contribution is 6.07. The largest absolute Gasteiger partial charge is 0.497 e. The van der Waals surface area contributed by atoms with E-state index < -0.39 is 10.8 Å². The average molecular weight is 371 g/mol. The number of hydrogen-bond acceptors (Lipinski definition) is 5. The number of rotatable bonds is 7. The molecule has 142 valence electrons. The maximum Gasteiger partial charge on any atom is 0.282 e. The van der Waals surface area contributed by atoms with E-state index in [1.807, 2.05) is 13.8 Å². The molecule has 0 spiro atoms. The molecule has 2 N–H and O–H groups in total. The maximum absolute atomic E-state index is 12.5. The van der Waals surface area contributed by atoms with E-state index in [0.717, 1.165) is 0 Å². The molecule has 2 amide bonds. The first kappa shape index (κ1) is 19.9. The molecular formula is C19H21N3O5. The Hall–Kier alpha value is -3.42. The van der Waals surface area contributed by atoms with E-state index in [1.54, 1.807) is 24.3 Å². The fraction of sp³-hybridized carbons (Fsp3) is 0.263. The Kier molecular flexibility index (Phi) is 6.48. The molecule has 2 aromatic carbocycles. The summed E-state index contributed by atoms with van der Waals surface area (Å²) in [5.41, 5.74) is 0.439. The molecule has 0 radical (unpaired) electrons. The van der Waals surface area contributed by atoms with Gasteiger partial charge in [-0.05, 0) is 42.3 Å². The smallest absolute Gasteiger partial charge is 0.282 e. The Morgan fingerprint density at radius 1 is 1.11 bits per heavy atom. The predicted octanol–water partition coefficient (Wildman–Crippen LogP) is 3.24.